The number of allylic oxidation sites excluding steroid dienone is 4. The van der Waals surface area contributed by atoms with Gasteiger partial charge in [-0.1, -0.05) is 101 Å². The molecule has 8 bridgehead atoms. The van der Waals surface area contributed by atoms with E-state index in [1.54, 1.807) is 39.0 Å². The average molecular weight is 705 g/mol. The van der Waals surface area contributed by atoms with E-state index in [0.717, 1.165) is 47.3 Å². The Morgan fingerprint density at radius 1 is 0.623 bits per heavy atom. The fourth-order valence-electron chi connectivity index (χ4n) is 18.7. The molecule has 14 rings (SSSR count). The molecule has 0 spiro atoms. The standard InChI is InChI=1S/C53H68/c1-5-53(46-13-9-12-43(46)47(49(53)50(2,3)4)38-10-7-6-8-11-38)48-41-16-14-39(51-26-32-18-33(27-51)20-34(19-32)28-51)24-44(41)45-25-40(15-17-42(45)48)52-29-35-21-36(30-52)23-37(22-35)31-52/h9,13-17,24-25,32-38,47-49H,5-8,10-12,18-23,26-31H2,1-4H3/t32?,33?,34?,35?,36?,37?,47-,48?,49?,51?,52?,53?/m1/s1. The molecule has 0 N–H and O–H groups in total. The van der Waals surface area contributed by atoms with Gasteiger partial charge in [0.15, 0.2) is 0 Å². The summed E-state index contributed by atoms with van der Waals surface area (Å²) in [4.78, 5) is 0. The largest absolute Gasteiger partial charge is 0.0801 e. The maximum atomic E-state index is 2.87. The zero-order valence-corrected chi connectivity index (χ0v) is 33.8. The van der Waals surface area contributed by atoms with Gasteiger partial charge in [0.2, 0.25) is 0 Å². The Morgan fingerprint density at radius 2 is 1.09 bits per heavy atom. The van der Waals surface area contributed by atoms with Crippen LogP contribution in [0.1, 0.15) is 178 Å². The lowest BCUT2D eigenvalue weighted by Crippen LogP contribution is -2.48. The van der Waals surface area contributed by atoms with E-state index in [1.165, 1.54) is 122 Å². The third kappa shape index (κ3) is 4.54. The molecule has 2 aromatic carbocycles. The summed E-state index contributed by atoms with van der Waals surface area (Å²) in [7, 11) is 0. The molecular formula is C53H68. The van der Waals surface area contributed by atoms with Crippen LogP contribution in [0.3, 0.4) is 0 Å². The predicted octanol–water partition coefficient (Wildman–Crippen LogP) is 14.3. The minimum Gasteiger partial charge on any atom is -0.0801 e. The maximum Gasteiger partial charge on any atom is 0.0202 e. The highest BCUT2D eigenvalue weighted by molar-refractivity contribution is 5.82. The fraction of sp³-hybridized carbons (Fsp3) is 0.698. The van der Waals surface area contributed by atoms with E-state index in [2.05, 4.69) is 76.2 Å². The van der Waals surface area contributed by atoms with Crippen LogP contribution in [0.15, 0.2) is 59.7 Å². The van der Waals surface area contributed by atoms with Gasteiger partial charge in [-0.05, 0) is 211 Å². The summed E-state index contributed by atoms with van der Waals surface area (Å²) in [5, 5.41) is 0. The molecule has 2 aromatic rings. The molecule has 12 aliphatic rings. The lowest BCUT2D eigenvalue weighted by atomic mass is 9.48. The van der Waals surface area contributed by atoms with Crippen molar-refractivity contribution in [2.75, 3.05) is 0 Å². The molecule has 0 amide bonds. The Hall–Kier alpha value is -2.08. The van der Waals surface area contributed by atoms with Gasteiger partial charge in [0.05, 0.1) is 0 Å². The lowest BCUT2D eigenvalue weighted by Gasteiger charge is -2.57. The normalized spacial score (nSPS) is 44.6. The van der Waals surface area contributed by atoms with Crippen molar-refractivity contribution in [2.45, 2.75) is 166 Å². The van der Waals surface area contributed by atoms with Crippen LogP contribution in [-0.4, -0.2) is 0 Å². The molecule has 280 valence electrons. The highest BCUT2D eigenvalue weighted by Gasteiger charge is 2.63. The second-order valence-corrected chi connectivity index (χ2v) is 23.1. The molecule has 12 aliphatic carbocycles. The molecule has 0 heteroatoms. The van der Waals surface area contributed by atoms with Gasteiger partial charge in [0.25, 0.3) is 0 Å². The number of hydrogen-bond donors (Lipinski definition) is 0. The van der Waals surface area contributed by atoms with E-state index in [9.17, 15) is 0 Å². The monoisotopic (exact) mass is 705 g/mol. The van der Waals surface area contributed by atoms with E-state index in [0.29, 0.717) is 22.7 Å². The van der Waals surface area contributed by atoms with E-state index in [-0.39, 0.29) is 10.8 Å². The Bertz CT molecular complexity index is 1740. The van der Waals surface area contributed by atoms with Gasteiger partial charge in [0.1, 0.15) is 0 Å². The van der Waals surface area contributed by atoms with Gasteiger partial charge >= 0.3 is 0 Å². The first-order valence-corrected chi connectivity index (χ1v) is 23.4. The highest BCUT2D eigenvalue weighted by atomic mass is 14.7. The lowest BCUT2D eigenvalue weighted by molar-refractivity contribution is -0.00534. The summed E-state index contributed by atoms with van der Waals surface area (Å²) in [5.41, 5.74) is 15.2. The van der Waals surface area contributed by atoms with Crippen LogP contribution in [0.4, 0.5) is 0 Å². The molecule has 0 saturated heterocycles. The van der Waals surface area contributed by atoms with E-state index >= 15 is 0 Å². The van der Waals surface area contributed by atoms with E-state index in [1.807, 2.05) is 5.57 Å². The van der Waals surface area contributed by atoms with Gasteiger partial charge in [-0.3, -0.25) is 0 Å². The molecule has 9 saturated carbocycles. The van der Waals surface area contributed by atoms with Crippen LogP contribution < -0.4 is 0 Å². The second-order valence-electron chi connectivity index (χ2n) is 23.1. The first-order valence-electron chi connectivity index (χ1n) is 23.4. The van der Waals surface area contributed by atoms with Crippen molar-refractivity contribution in [2.24, 2.45) is 64.1 Å². The Balaban J connectivity index is 1.05. The zero-order chi connectivity index (χ0) is 35.5. The summed E-state index contributed by atoms with van der Waals surface area (Å²) in [6, 6.07) is 16.7. The van der Waals surface area contributed by atoms with E-state index in [4.69, 9.17) is 0 Å². The first kappa shape index (κ1) is 33.1. The maximum absolute atomic E-state index is 2.87. The van der Waals surface area contributed by atoms with Crippen LogP contribution >= 0.6 is 0 Å². The molecular weight excluding hydrogens is 637 g/mol. The van der Waals surface area contributed by atoms with Gasteiger partial charge in [0, 0.05) is 11.3 Å². The molecule has 0 aromatic heterocycles. The topological polar surface area (TPSA) is 0 Å². The summed E-state index contributed by atoms with van der Waals surface area (Å²) in [6.07, 6.45) is 33.0. The number of fused-ring (bicyclic) bond motifs is 3. The van der Waals surface area contributed by atoms with Crippen molar-refractivity contribution >= 4 is 0 Å². The number of hydrogen-bond acceptors (Lipinski definition) is 0. The molecule has 0 heterocycles. The SMILES string of the molecule is CCC1(C2c3ccc(C45CC6CC(CC(C6)C4)C5)cc3-c3cc(C45CC6CC(CC(C6)C4)C5)ccc32)C2=C(CC=C2)[C@@H](C2CCCCC2)C1C(C)(C)C. The molecule has 9 fully saturated rings. The van der Waals surface area contributed by atoms with Crippen molar-refractivity contribution in [3.63, 3.8) is 0 Å². The van der Waals surface area contributed by atoms with Crippen LogP contribution in [-0.2, 0) is 10.8 Å². The summed E-state index contributed by atoms with van der Waals surface area (Å²) in [6.45, 7) is 10.6. The number of rotatable bonds is 5. The summed E-state index contributed by atoms with van der Waals surface area (Å²) >= 11 is 0. The van der Waals surface area contributed by atoms with Crippen molar-refractivity contribution in [3.8, 4) is 11.1 Å². The Kier molecular flexibility index (Phi) is 7.04. The molecule has 0 aliphatic heterocycles. The summed E-state index contributed by atoms with van der Waals surface area (Å²) < 4.78 is 0. The molecule has 3 atom stereocenters. The van der Waals surface area contributed by atoms with Crippen LogP contribution in [0.25, 0.3) is 11.1 Å². The molecule has 53 heavy (non-hydrogen) atoms. The Labute approximate surface area is 322 Å². The molecule has 0 radical (unpaired) electrons. The van der Waals surface area contributed by atoms with Gasteiger partial charge in [-0.2, -0.15) is 0 Å². The first-order chi connectivity index (χ1) is 25.7. The second kappa shape index (κ2) is 11.3. The minimum absolute atomic E-state index is 0.146. The molecule has 0 nitrogen and oxygen atoms in total. The third-order valence-corrected chi connectivity index (χ3v) is 19.3. The van der Waals surface area contributed by atoms with Gasteiger partial charge in [-0.25, -0.2) is 0 Å². The van der Waals surface area contributed by atoms with Crippen molar-refractivity contribution in [1.29, 1.82) is 0 Å². The Morgan fingerprint density at radius 3 is 1.53 bits per heavy atom. The van der Waals surface area contributed by atoms with Gasteiger partial charge < -0.3 is 0 Å². The van der Waals surface area contributed by atoms with Crippen molar-refractivity contribution in [3.05, 3.63) is 82.0 Å². The van der Waals surface area contributed by atoms with E-state index < -0.39 is 0 Å². The van der Waals surface area contributed by atoms with Crippen molar-refractivity contribution in [1.82, 2.24) is 0 Å². The smallest absolute Gasteiger partial charge is 0.0202 e. The van der Waals surface area contributed by atoms with Crippen molar-refractivity contribution < 1.29 is 0 Å². The fourth-order valence-corrected chi connectivity index (χ4v) is 18.7. The van der Waals surface area contributed by atoms with Crippen LogP contribution in [0, 0.1) is 64.1 Å². The van der Waals surface area contributed by atoms with Crippen LogP contribution in [0.2, 0.25) is 0 Å². The minimum atomic E-state index is 0.146. The number of benzene rings is 2. The predicted molar refractivity (Wildman–Crippen MR) is 220 cm³/mol. The highest BCUT2D eigenvalue weighted by Crippen LogP contribution is 2.73. The van der Waals surface area contributed by atoms with Gasteiger partial charge in [-0.15, -0.1) is 0 Å². The quantitative estimate of drug-likeness (QED) is 0.291. The third-order valence-electron chi connectivity index (χ3n) is 19.3. The zero-order valence-electron chi connectivity index (χ0n) is 33.8. The molecule has 2 unspecified atom stereocenters. The average Bonchev–Trinajstić information content (AvgIpc) is 3.81. The summed E-state index contributed by atoms with van der Waals surface area (Å²) in [5.74, 6) is 8.67. The van der Waals surface area contributed by atoms with Crippen LogP contribution in [0.5, 0.6) is 0 Å².